The van der Waals surface area contributed by atoms with Crippen molar-refractivity contribution in [1.82, 2.24) is 9.88 Å². The summed E-state index contributed by atoms with van der Waals surface area (Å²) in [6, 6.07) is 10.1. The van der Waals surface area contributed by atoms with Crippen LogP contribution in [0.3, 0.4) is 0 Å². The van der Waals surface area contributed by atoms with E-state index in [4.69, 9.17) is 10.7 Å². The van der Waals surface area contributed by atoms with Crippen LogP contribution in [-0.2, 0) is 12.8 Å². The Morgan fingerprint density at radius 3 is 2.62 bits per heavy atom. The Labute approximate surface area is 154 Å². The van der Waals surface area contributed by atoms with Crippen molar-refractivity contribution in [2.24, 2.45) is 5.73 Å². The molecule has 0 saturated carbocycles. The second-order valence-corrected chi connectivity index (χ2v) is 7.16. The quantitative estimate of drug-likeness (QED) is 0.907. The Bertz CT molecular complexity index is 875. The molecule has 0 radical (unpaired) electrons. The lowest BCUT2D eigenvalue weighted by atomic mass is 9.88. The molecule has 4 nitrogen and oxygen atoms in total. The fourth-order valence-corrected chi connectivity index (χ4v) is 4.21. The minimum atomic E-state index is -0.363. The van der Waals surface area contributed by atoms with Gasteiger partial charge >= 0.3 is 0 Å². The van der Waals surface area contributed by atoms with E-state index in [0.717, 1.165) is 51.0 Å². The molecular formula is C22H25N3O. The minimum absolute atomic E-state index is 0.363. The zero-order valence-electron chi connectivity index (χ0n) is 15.3. The number of carbonyl (C=O) groups excluding carboxylic acids is 1. The van der Waals surface area contributed by atoms with Crippen molar-refractivity contribution in [3.63, 3.8) is 0 Å². The van der Waals surface area contributed by atoms with Gasteiger partial charge in [-0.05, 0) is 67.1 Å². The summed E-state index contributed by atoms with van der Waals surface area (Å²) in [7, 11) is 0. The number of hydrogen-bond acceptors (Lipinski definition) is 3. The zero-order valence-corrected chi connectivity index (χ0v) is 15.3. The number of aryl methyl sites for hydroxylation is 2. The van der Waals surface area contributed by atoms with Crippen LogP contribution in [0.2, 0.25) is 0 Å². The highest BCUT2D eigenvalue weighted by Gasteiger charge is 2.25. The Morgan fingerprint density at radius 2 is 1.88 bits per heavy atom. The van der Waals surface area contributed by atoms with E-state index in [2.05, 4.69) is 24.0 Å². The molecule has 2 aromatic rings. The molecule has 1 aromatic carbocycles. The summed E-state index contributed by atoms with van der Waals surface area (Å²) < 4.78 is 0. The first-order valence-electron chi connectivity index (χ1n) is 9.49. The normalized spacial score (nSPS) is 17.4. The summed E-state index contributed by atoms with van der Waals surface area (Å²) in [5.41, 5.74) is 13.7. The number of likely N-dealkylation sites (tertiary alicyclic amines) is 1. The second-order valence-electron chi connectivity index (χ2n) is 7.16. The van der Waals surface area contributed by atoms with E-state index in [0.29, 0.717) is 5.56 Å². The summed E-state index contributed by atoms with van der Waals surface area (Å²) in [5, 5.41) is 0. The third-order valence-corrected chi connectivity index (χ3v) is 5.71. The molecule has 0 bridgehead atoms. The number of amides is 1. The number of piperidine rings is 1. The lowest BCUT2D eigenvalue weighted by molar-refractivity contribution is 0.1000. The number of benzene rings is 1. The second kappa shape index (κ2) is 7.04. The number of pyridine rings is 1. The number of aromatic nitrogens is 1. The van der Waals surface area contributed by atoms with Gasteiger partial charge in [-0.25, -0.2) is 0 Å². The van der Waals surface area contributed by atoms with Crippen molar-refractivity contribution in [2.45, 2.75) is 32.6 Å². The fourth-order valence-electron chi connectivity index (χ4n) is 4.21. The van der Waals surface area contributed by atoms with Crippen LogP contribution in [0.4, 0.5) is 0 Å². The molecule has 2 heterocycles. The average molecular weight is 347 g/mol. The van der Waals surface area contributed by atoms with E-state index in [1.165, 1.54) is 27.8 Å². The van der Waals surface area contributed by atoms with E-state index in [9.17, 15) is 4.79 Å². The van der Waals surface area contributed by atoms with Crippen molar-refractivity contribution in [3.05, 3.63) is 70.0 Å². The Kier molecular flexibility index (Phi) is 4.60. The predicted octanol–water partition coefficient (Wildman–Crippen LogP) is 3.20. The summed E-state index contributed by atoms with van der Waals surface area (Å²) >= 11 is 0. The lowest BCUT2D eigenvalue weighted by Crippen LogP contribution is -2.30. The van der Waals surface area contributed by atoms with Gasteiger partial charge in [0, 0.05) is 30.4 Å². The number of hydrogen-bond donors (Lipinski definition) is 1. The van der Waals surface area contributed by atoms with Gasteiger partial charge in [0.05, 0.1) is 5.69 Å². The molecule has 0 atom stereocenters. The molecule has 26 heavy (non-hydrogen) atoms. The van der Waals surface area contributed by atoms with Crippen LogP contribution in [-0.4, -0.2) is 35.4 Å². The molecule has 1 aliphatic heterocycles. The molecule has 1 fully saturated rings. The number of nitrogens with zero attached hydrogens (tertiary/aromatic N) is 2. The average Bonchev–Trinajstić information content (AvgIpc) is 2.84. The maximum atomic E-state index is 11.6. The largest absolute Gasteiger partial charge is 0.366 e. The number of fused-ring (bicyclic) bond motifs is 2. The summed E-state index contributed by atoms with van der Waals surface area (Å²) in [5.74, 6) is -0.363. The first-order valence-corrected chi connectivity index (χ1v) is 9.49. The molecular weight excluding hydrogens is 322 g/mol. The molecule has 1 saturated heterocycles. The van der Waals surface area contributed by atoms with Gasteiger partial charge in [-0.15, -0.1) is 0 Å². The highest BCUT2D eigenvalue weighted by Crippen LogP contribution is 2.37. The Morgan fingerprint density at radius 1 is 1.12 bits per heavy atom. The number of rotatable bonds is 2. The fraction of sp³-hybridized carbons (Fsp3) is 0.364. The number of nitrogens with two attached hydrogens (primary N) is 1. The van der Waals surface area contributed by atoms with Gasteiger partial charge in [-0.2, -0.15) is 0 Å². The van der Waals surface area contributed by atoms with Crippen LogP contribution in [0, 0.1) is 0 Å². The Hall–Kier alpha value is -2.46. The molecule has 4 rings (SSSR count). The third-order valence-electron chi connectivity index (χ3n) is 5.71. The van der Waals surface area contributed by atoms with Gasteiger partial charge in [-0.1, -0.05) is 24.6 Å². The van der Waals surface area contributed by atoms with E-state index in [1.807, 2.05) is 24.4 Å². The molecule has 134 valence electrons. The van der Waals surface area contributed by atoms with Crippen molar-refractivity contribution in [3.8, 4) is 0 Å². The molecule has 1 aliphatic carbocycles. The van der Waals surface area contributed by atoms with E-state index >= 15 is 0 Å². The molecule has 1 aromatic heterocycles. The molecule has 2 aliphatic rings. The SMILES string of the molecule is CCN1CCC(=C2c3ccc(C(N)=O)cc3CCc3cccnc32)CC1. The van der Waals surface area contributed by atoms with Crippen LogP contribution in [0.25, 0.3) is 5.57 Å². The van der Waals surface area contributed by atoms with Crippen LogP contribution >= 0.6 is 0 Å². The topological polar surface area (TPSA) is 59.2 Å². The smallest absolute Gasteiger partial charge is 0.248 e. The predicted molar refractivity (Wildman–Crippen MR) is 104 cm³/mol. The van der Waals surface area contributed by atoms with Crippen LogP contribution in [0.15, 0.2) is 42.1 Å². The highest BCUT2D eigenvalue weighted by atomic mass is 16.1. The van der Waals surface area contributed by atoms with Crippen LogP contribution < -0.4 is 5.73 Å². The first-order chi connectivity index (χ1) is 12.7. The van der Waals surface area contributed by atoms with Gasteiger partial charge < -0.3 is 10.6 Å². The lowest BCUT2D eigenvalue weighted by Gasteiger charge is -2.29. The molecule has 4 heteroatoms. The van der Waals surface area contributed by atoms with Crippen molar-refractivity contribution >= 4 is 11.5 Å². The number of primary amides is 1. The summed E-state index contributed by atoms with van der Waals surface area (Å²) in [4.78, 5) is 18.9. The molecule has 2 N–H and O–H groups in total. The van der Waals surface area contributed by atoms with E-state index < -0.39 is 0 Å². The first kappa shape index (κ1) is 17.0. The summed E-state index contributed by atoms with van der Waals surface area (Å²) in [6.45, 7) is 5.54. The summed E-state index contributed by atoms with van der Waals surface area (Å²) in [6.07, 6.45) is 5.90. The van der Waals surface area contributed by atoms with E-state index in [1.54, 1.807) is 0 Å². The van der Waals surface area contributed by atoms with Crippen molar-refractivity contribution < 1.29 is 4.79 Å². The van der Waals surface area contributed by atoms with Crippen molar-refractivity contribution in [2.75, 3.05) is 19.6 Å². The van der Waals surface area contributed by atoms with Crippen molar-refractivity contribution in [1.29, 1.82) is 0 Å². The van der Waals surface area contributed by atoms with Gasteiger partial charge in [0.1, 0.15) is 0 Å². The minimum Gasteiger partial charge on any atom is -0.366 e. The van der Waals surface area contributed by atoms with Gasteiger partial charge in [0.15, 0.2) is 0 Å². The standard InChI is InChI=1S/C22H25N3O/c1-2-25-12-9-15(10-13-25)20-19-8-7-18(22(23)26)14-17(19)6-5-16-4-3-11-24-21(16)20/h3-4,7-8,11,14H,2,5-6,9-10,12-13H2,1H3,(H2,23,26). The Balaban J connectivity index is 1.88. The van der Waals surface area contributed by atoms with Gasteiger partial charge in [-0.3, -0.25) is 9.78 Å². The van der Waals surface area contributed by atoms with E-state index in [-0.39, 0.29) is 5.91 Å². The maximum Gasteiger partial charge on any atom is 0.248 e. The van der Waals surface area contributed by atoms with Gasteiger partial charge in [0.2, 0.25) is 5.91 Å². The number of carbonyl (C=O) groups is 1. The van der Waals surface area contributed by atoms with Crippen LogP contribution in [0.1, 0.15) is 52.5 Å². The highest BCUT2D eigenvalue weighted by molar-refractivity contribution is 5.94. The zero-order chi connectivity index (χ0) is 18.1. The maximum absolute atomic E-state index is 11.6. The molecule has 0 unspecified atom stereocenters. The van der Waals surface area contributed by atoms with Crippen LogP contribution in [0.5, 0.6) is 0 Å². The van der Waals surface area contributed by atoms with Gasteiger partial charge in [0.25, 0.3) is 0 Å². The third kappa shape index (κ3) is 3.06. The molecule has 1 amide bonds. The monoisotopic (exact) mass is 347 g/mol. The molecule has 0 spiro atoms.